The van der Waals surface area contributed by atoms with Gasteiger partial charge in [-0.05, 0) is 49.7 Å². The first-order chi connectivity index (χ1) is 9.90. The second-order valence-electron chi connectivity index (χ2n) is 5.05. The van der Waals surface area contributed by atoms with Gasteiger partial charge in [-0.2, -0.15) is 0 Å². The van der Waals surface area contributed by atoms with Crippen molar-refractivity contribution >= 4 is 0 Å². The molecule has 0 aliphatic carbocycles. The molecule has 20 heavy (non-hydrogen) atoms. The van der Waals surface area contributed by atoms with Gasteiger partial charge in [-0.1, -0.05) is 54.6 Å². The van der Waals surface area contributed by atoms with Crippen LogP contribution in [0.25, 0.3) is 11.1 Å². The van der Waals surface area contributed by atoms with Crippen LogP contribution >= 0.6 is 0 Å². The Morgan fingerprint density at radius 3 is 2.10 bits per heavy atom. The second kappa shape index (κ2) is 8.51. The normalized spacial score (nSPS) is 10.7. The molecule has 0 heterocycles. The lowest BCUT2D eigenvalue weighted by Gasteiger charge is -2.06. The first kappa shape index (κ1) is 14.8. The Morgan fingerprint density at radius 2 is 1.40 bits per heavy atom. The van der Waals surface area contributed by atoms with E-state index in [1.807, 2.05) is 7.05 Å². The lowest BCUT2D eigenvalue weighted by Crippen LogP contribution is -2.16. The molecule has 2 rings (SSSR count). The van der Waals surface area contributed by atoms with Crippen LogP contribution in [0.3, 0.4) is 0 Å². The van der Waals surface area contributed by atoms with Gasteiger partial charge in [0.15, 0.2) is 0 Å². The zero-order chi connectivity index (χ0) is 14.0. The maximum absolute atomic E-state index is 3.49. The van der Waals surface area contributed by atoms with Gasteiger partial charge in [0.1, 0.15) is 0 Å². The highest BCUT2D eigenvalue weighted by atomic mass is 14.8. The quantitative estimate of drug-likeness (QED) is 0.717. The highest BCUT2D eigenvalue weighted by Crippen LogP contribution is 2.19. The molecule has 0 saturated carbocycles. The van der Waals surface area contributed by atoms with E-state index in [1.54, 1.807) is 0 Å². The lowest BCUT2D eigenvalue weighted by atomic mass is 10.0. The van der Waals surface area contributed by atoms with Gasteiger partial charge >= 0.3 is 0 Å². The number of hydrogen-bond acceptors (Lipinski definition) is 2. The van der Waals surface area contributed by atoms with Crippen LogP contribution in [0.5, 0.6) is 0 Å². The summed E-state index contributed by atoms with van der Waals surface area (Å²) in [5.41, 5.74) is 3.90. The molecule has 2 aromatic carbocycles. The van der Waals surface area contributed by atoms with Crippen LogP contribution < -0.4 is 10.6 Å². The van der Waals surface area contributed by atoms with Crippen LogP contribution in [-0.2, 0) is 6.54 Å². The van der Waals surface area contributed by atoms with Crippen molar-refractivity contribution in [2.75, 3.05) is 20.1 Å². The summed E-state index contributed by atoms with van der Waals surface area (Å²) in [5.74, 6) is 0. The van der Waals surface area contributed by atoms with Crippen molar-refractivity contribution in [3.63, 3.8) is 0 Å². The zero-order valence-electron chi connectivity index (χ0n) is 12.2. The Kier molecular flexibility index (Phi) is 6.28. The molecule has 0 unspecified atom stereocenters. The molecule has 0 bridgehead atoms. The number of hydrogen-bond donors (Lipinski definition) is 2. The molecule has 0 aromatic heterocycles. The summed E-state index contributed by atoms with van der Waals surface area (Å²) in [7, 11) is 2.00. The van der Waals surface area contributed by atoms with E-state index in [4.69, 9.17) is 0 Å². The average molecular weight is 268 g/mol. The van der Waals surface area contributed by atoms with Gasteiger partial charge in [0, 0.05) is 6.54 Å². The van der Waals surface area contributed by atoms with Gasteiger partial charge in [0.25, 0.3) is 0 Å². The molecule has 2 heteroatoms. The Morgan fingerprint density at radius 1 is 0.750 bits per heavy atom. The lowest BCUT2D eigenvalue weighted by molar-refractivity contribution is 0.605. The third-order valence-electron chi connectivity index (χ3n) is 3.42. The Labute approximate surface area is 122 Å². The summed E-state index contributed by atoms with van der Waals surface area (Å²) in [4.78, 5) is 0. The molecule has 2 nitrogen and oxygen atoms in total. The van der Waals surface area contributed by atoms with Crippen LogP contribution in [0.2, 0.25) is 0 Å². The first-order valence-electron chi connectivity index (χ1n) is 7.40. The van der Waals surface area contributed by atoms with Gasteiger partial charge < -0.3 is 10.6 Å². The monoisotopic (exact) mass is 268 g/mol. The van der Waals surface area contributed by atoms with E-state index in [9.17, 15) is 0 Å². The van der Waals surface area contributed by atoms with E-state index in [0.29, 0.717) is 0 Å². The molecule has 0 spiro atoms. The summed E-state index contributed by atoms with van der Waals surface area (Å²) in [6.07, 6.45) is 2.46. The van der Waals surface area contributed by atoms with Crippen molar-refractivity contribution in [3.05, 3.63) is 60.2 Å². The van der Waals surface area contributed by atoms with E-state index >= 15 is 0 Å². The van der Waals surface area contributed by atoms with Gasteiger partial charge in [0.05, 0.1) is 0 Å². The first-order valence-corrected chi connectivity index (χ1v) is 7.40. The van der Waals surface area contributed by atoms with Crippen molar-refractivity contribution in [2.24, 2.45) is 0 Å². The highest BCUT2D eigenvalue weighted by molar-refractivity contribution is 5.63. The minimum absolute atomic E-state index is 0.953. The van der Waals surface area contributed by atoms with Gasteiger partial charge in [-0.15, -0.1) is 0 Å². The maximum Gasteiger partial charge on any atom is 0.0205 e. The fraction of sp³-hybridized carbons (Fsp3) is 0.333. The van der Waals surface area contributed by atoms with E-state index in [-0.39, 0.29) is 0 Å². The smallest absolute Gasteiger partial charge is 0.0205 e. The van der Waals surface area contributed by atoms with Crippen molar-refractivity contribution < 1.29 is 0 Å². The number of benzene rings is 2. The average Bonchev–Trinajstić information content (AvgIpc) is 2.52. The molecule has 0 saturated heterocycles. The molecular formula is C18H24N2. The summed E-state index contributed by atoms with van der Waals surface area (Å²) in [5, 5.41) is 6.66. The Balaban J connectivity index is 1.77. The molecule has 106 valence electrons. The van der Waals surface area contributed by atoms with E-state index in [2.05, 4.69) is 65.2 Å². The minimum Gasteiger partial charge on any atom is -0.320 e. The minimum atomic E-state index is 0.953. The van der Waals surface area contributed by atoms with Crippen LogP contribution in [0, 0.1) is 0 Å². The summed E-state index contributed by atoms with van der Waals surface area (Å²) in [6, 6.07) is 19.3. The molecule has 0 atom stereocenters. The Hall–Kier alpha value is -1.64. The fourth-order valence-electron chi connectivity index (χ4n) is 2.23. The highest BCUT2D eigenvalue weighted by Gasteiger charge is 1.97. The zero-order valence-corrected chi connectivity index (χ0v) is 12.2. The predicted octanol–water partition coefficient (Wildman–Crippen LogP) is 3.44. The third-order valence-corrected chi connectivity index (χ3v) is 3.42. The van der Waals surface area contributed by atoms with Gasteiger partial charge in [0.2, 0.25) is 0 Å². The molecule has 0 aliphatic heterocycles. The second-order valence-corrected chi connectivity index (χ2v) is 5.05. The van der Waals surface area contributed by atoms with Crippen molar-refractivity contribution in [1.29, 1.82) is 0 Å². The standard InChI is InChI=1S/C18H24N2/c1-19-13-5-6-14-20-15-16-9-11-18(12-10-16)17-7-3-2-4-8-17/h2-4,7-12,19-20H,5-6,13-15H2,1H3. The van der Waals surface area contributed by atoms with Crippen molar-refractivity contribution in [2.45, 2.75) is 19.4 Å². The summed E-state index contributed by atoms with van der Waals surface area (Å²) >= 11 is 0. The molecule has 0 radical (unpaired) electrons. The van der Waals surface area contributed by atoms with E-state index in [1.165, 1.54) is 29.5 Å². The van der Waals surface area contributed by atoms with Crippen LogP contribution in [-0.4, -0.2) is 20.1 Å². The molecule has 0 aliphatic rings. The van der Waals surface area contributed by atoms with Crippen LogP contribution in [0.15, 0.2) is 54.6 Å². The van der Waals surface area contributed by atoms with E-state index in [0.717, 1.165) is 19.6 Å². The largest absolute Gasteiger partial charge is 0.320 e. The number of nitrogens with one attached hydrogen (secondary N) is 2. The summed E-state index contributed by atoms with van der Waals surface area (Å²) < 4.78 is 0. The number of rotatable bonds is 8. The van der Waals surface area contributed by atoms with Crippen molar-refractivity contribution in [3.8, 4) is 11.1 Å². The fourth-order valence-corrected chi connectivity index (χ4v) is 2.23. The van der Waals surface area contributed by atoms with Crippen LogP contribution in [0.4, 0.5) is 0 Å². The van der Waals surface area contributed by atoms with Gasteiger partial charge in [-0.3, -0.25) is 0 Å². The van der Waals surface area contributed by atoms with Crippen molar-refractivity contribution in [1.82, 2.24) is 10.6 Å². The predicted molar refractivity (Wildman–Crippen MR) is 86.7 cm³/mol. The van der Waals surface area contributed by atoms with Crippen LogP contribution in [0.1, 0.15) is 18.4 Å². The third kappa shape index (κ3) is 4.80. The number of unbranched alkanes of at least 4 members (excludes halogenated alkanes) is 1. The molecule has 0 amide bonds. The summed E-state index contributed by atoms with van der Waals surface area (Å²) in [6.45, 7) is 3.14. The molecule has 2 N–H and O–H groups in total. The molecule has 0 fully saturated rings. The van der Waals surface area contributed by atoms with Gasteiger partial charge in [-0.25, -0.2) is 0 Å². The topological polar surface area (TPSA) is 24.1 Å². The maximum atomic E-state index is 3.49. The molecular weight excluding hydrogens is 244 g/mol. The SMILES string of the molecule is CNCCCCNCc1ccc(-c2ccccc2)cc1. The van der Waals surface area contributed by atoms with E-state index < -0.39 is 0 Å². The molecule has 2 aromatic rings. The Bertz CT molecular complexity index is 477.